The summed E-state index contributed by atoms with van der Waals surface area (Å²) >= 11 is 0. The largest absolute Gasteiger partial charge is 0.325 e. The monoisotopic (exact) mass is 353 g/mol. The van der Waals surface area contributed by atoms with Gasteiger partial charge in [-0.05, 0) is 60.0 Å². The fourth-order valence-electron chi connectivity index (χ4n) is 2.63. The van der Waals surface area contributed by atoms with Crippen molar-refractivity contribution in [3.8, 4) is 0 Å². The van der Waals surface area contributed by atoms with Crippen LogP contribution in [0.25, 0.3) is 10.8 Å². The van der Waals surface area contributed by atoms with Crippen molar-refractivity contribution in [1.29, 1.82) is 0 Å². The van der Waals surface area contributed by atoms with E-state index in [1.807, 2.05) is 50.2 Å². The van der Waals surface area contributed by atoms with Gasteiger partial charge in [0.05, 0.1) is 4.90 Å². The first-order chi connectivity index (χ1) is 11.8. The lowest BCUT2D eigenvalue weighted by atomic mass is 10.1. The van der Waals surface area contributed by atoms with Gasteiger partial charge in [-0.3, -0.25) is 4.79 Å². The van der Waals surface area contributed by atoms with Crippen molar-refractivity contribution >= 4 is 32.2 Å². The standard InChI is InChI=1S/C20H19NO3S/c1-14-7-9-18(11-15(14)2)21-20(22)13-25(23,24)19-10-8-16-5-3-4-6-17(16)12-19/h3-12H,13H2,1-2H3,(H,21,22). The van der Waals surface area contributed by atoms with Crippen LogP contribution < -0.4 is 5.32 Å². The number of sulfone groups is 1. The third-order valence-corrected chi connectivity index (χ3v) is 5.81. The number of amides is 1. The SMILES string of the molecule is Cc1ccc(NC(=O)CS(=O)(=O)c2ccc3ccccc3c2)cc1C. The Labute approximate surface area is 147 Å². The van der Waals surface area contributed by atoms with Gasteiger partial charge in [0.2, 0.25) is 5.91 Å². The highest BCUT2D eigenvalue weighted by molar-refractivity contribution is 7.92. The first-order valence-corrected chi connectivity index (χ1v) is 9.59. The van der Waals surface area contributed by atoms with Gasteiger partial charge in [-0.2, -0.15) is 0 Å². The average molecular weight is 353 g/mol. The van der Waals surface area contributed by atoms with Gasteiger partial charge >= 0.3 is 0 Å². The second kappa shape index (κ2) is 6.69. The zero-order chi connectivity index (χ0) is 18.0. The van der Waals surface area contributed by atoms with E-state index >= 15 is 0 Å². The van der Waals surface area contributed by atoms with Gasteiger partial charge in [-0.25, -0.2) is 8.42 Å². The first kappa shape index (κ1) is 17.2. The van der Waals surface area contributed by atoms with E-state index in [1.165, 1.54) is 0 Å². The van der Waals surface area contributed by atoms with Crippen LogP contribution in [0.5, 0.6) is 0 Å². The fourth-order valence-corrected chi connectivity index (χ4v) is 3.80. The number of rotatable bonds is 4. The molecule has 3 rings (SSSR count). The minimum absolute atomic E-state index is 0.154. The van der Waals surface area contributed by atoms with Crippen LogP contribution in [0.4, 0.5) is 5.69 Å². The number of anilines is 1. The smallest absolute Gasteiger partial charge is 0.239 e. The van der Waals surface area contributed by atoms with E-state index < -0.39 is 21.5 Å². The average Bonchev–Trinajstić information content (AvgIpc) is 2.57. The molecule has 0 fully saturated rings. The molecule has 0 unspecified atom stereocenters. The Morgan fingerprint density at radius 2 is 1.60 bits per heavy atom. The van der Waals surface area contributed by atoms with Crippen LogP contribution in [-0.4, -0.2) is 20.1 Å². The van der Waals surface area contributed by atoms with Gasteiger partial charge < -0.3 is 5.32 Å². The molecule has 128 valence electrons. The van der Waals surface area contributed by atoms with E-state index in [1.54, 1.807) is 24.3 Å². The maximum atomic E-state index is 12.5. The second-order valence-corrected chi connectivity index (χ2v) is 8.10. The lowest BCUT2D eigenvalue weighted by Gasteiger charge is -2.09. The molecule has 0 aromatic heterocycles. The molecule has 0 heterocycles. The number of nitrogens with one attached hydrogen (secondary N) is 1. The quantitative estimate of drug-likeness (QED) is 0.774. The van der Waals surface area contributed by atoms with Crippen LogP contribution in [0.15, 0.2) is 65.6 Å². The summed E-state index contributed by atoms with van der Waals surface area (Å²) in [7, 11) is -3.70. The Bertz CT molecular complexity index is 1060. The Kier molecular flexibility index (Phi) is 4.59. The van der Waals surface area contributed by atoms with Gasteiger partial charge in [-0.15, -0.1) is 0 Å². The molecule has 0 radical (unpaired) electrons. The van der Waals surface area contributed by atoms with Crippen LogP contribution in [0.2, 0.25) is 0 Å². The van der Waals surface area contributed by atoms with Crippen LogP contribution in [0, 0.1) is 13.8 Å². The molecule has 3 aromatic carbocycles. The second-order valence-electron chi connectivity index (χ2n) is 6.12. The normalized spacial score (nSPS) is 11.4. The molecular formula is C20H19NO3S. The van der Waals surface area contributed by atoms with Crippen LogP contribution in [-0.2, 0) is 14.6 Å². The summed E-state index contributed by atoms with van der Waals surface area (Å²) in [6.07, 6.45) is 0. The van der Waals surface area contributed by atoms with Gasteiger partial charge in [-0.1, -0.05) is 36.4 Å². The zero-order valence-corrected chi connectivity index (χ0v) is 14.9. The Hall–Kier alpha value is -2.66. The summed E-state index contributed by atoms with van der Waals surface area (Å²) in [6.45, 7) is 3.92. The Morgan fingerprint density at radius 1 is 0.880 bits per heavy atom. The number of hydrogen-bond acceptors (Lipinski definition) is 3. The van der Waals surface area contributed by atoms with Gasteiger partial charge in [0.15, 0.2) is 9.84 Å². The summed E-state index contributed by atoms with van der Waals surface area (Å²) in [6, 6.07) is 17.9. The summed E-state index contributed by atoms with van der Waals surface area (Å²) in [5.41, 5.74) is 2.75. The number of carbonyl (C=O) groups excluding carboxylic acids is 1. The molecule has 4 nitrogen and oxygen atoms in total. The molecule has 0 aliphatic rings. The number of hydrogen-bond donors (Lipinski definition) is 1. The molecule has 0 aliphatic heterocycles. The molecule has 0 saturated heterocycles. The molecule has 3 aromatic rings. The van der Waals surface area contributed by atoms with Crippen molar-refractivity contribution in [2.45, 2.75) is 18.7 Å². The molecule has 0 saturated carbocycles. The van der Waals surface area contributed by atoms with Crippen molar-refractivity contribution in [2.75, 3.05) is 11.1 Å². The van der Waals surface area contributed by atoms with Crippen molar-refractivity contribution in [3.05, 3.63) is 71.8 Å². The maximum Gasteiger partial charge on any atom is 0.239 e. The van der Waals surface area contributed by atoms with E-state index in [4.69, 9.17) is 0 Å². The van der Waals surface area contributed by atoms with E-state index in [2.05, 4.69) is 5.32 Å². The first-order valence-electron chi connectivity index (χ1n) is 7.94. The molecule has 1 amide bonds. The lowest BCUT2D eigenvalue weighted by Crippen LogP contribution is -2.23. The molecule has 0 aliphatic carbocycles. The third kappa shape index (κ3) is 3.88. The molecular weight excluding hydrogens is 334 g/mol. The topological polar surface area (TPSA) is 63.2 Å². The highest BCUT2D eigenvalue weighted by Gasteiger charge is 2.20. The highest BCUT2D eigenvalue weighted by atomic mass is 32.2. The predicted octanol–water partition coefficient (Wildman–Crippen LogP) is 3.87. The highest BCUT2D eigenvalue weighted by Crippen LogP contribution is 2.20. The van der Waals surface area contributed by atoms with Gasteiger partial charge in [0.1, 0.15) is 5.75 Å². The molecule has 1 N–H and O–H groups in total. The Balaban J connectivity index is 1.79. The fraction of sp³-hybridized carbons (Fsp3) is 0.150. The number of carbonyl (C=O) groups is 1. The summed E-state index contributed by atoms with van der Waals surface area (Å²) in [4.78, 5) is 12.3. The van der Waals surface area contributed by atoms with Crippen molar-refractivity contribution in [3.63, 3.8) is 0 Å². The molecule has 25 heavy (non-hydrogen) atoms. The molecule has 0 bridgehead atoms. The van der Waals surface area contributed by atoms with Crippen LogP contribution in [0.3, 0.4) is 0 Å². The molecule has 0 atom stereocenters. The van der Waals surface area contributed by atoms with Crippen molar-refractivity contribution < 1.29 is 13.2 Å². The zero-order valence-electron chi connectivity index (χ0n) is 14.1. The number of benzene rings is 3. The van der Waals surface area contributed by atoms with Crippen molar-refractivity contribution in [2.24, 2.45) is 0 Å². The summed E-state index contributed by atoms with van der Waals surface area (Å²) < 4.78 is 25.1. The Morgan fingerprint density at radius 3 is 2.32 bits per heavy atom. The maximum absolute atomic E-state index is 12.5. The van der Waals surface area contributed by atoms with E-state index in [9.17, 15) is 13.2 Å². The summed E-state index contributed by atoms with van der Waals surface area (Å²) in [5, 5.41) is 4.45. The van der Waals surface area contributed by atoms with Gasteiger partial charge in [0, 0.05) is 5.69 Å². The molecule has 0 spiro atoms. The van der Waals surface area contributed by atoms with Crippen molar-refractivity contribution in [1.82, 2.24) is 0 Å². The number of aryl methyl sites for hydroxylation is 2. The predicted molar refractivity (Wildman–Crippen MR) is 101 cm³/mol. The molecule has 5 heteroatoms. The lowest BCUT2D eigenvalue weighted by molar-refractivity contribution is -0.113. The minimum Gasteiger partial charge on any atom is -0.325 e. The van der Waals surface area contributed by atoms with Crippen LogP contribution in [0.1, 0.15) is 11.1 Å². The third-order valence-electron chi connectivity index (χ3n) is 4.19. The number of fused-ring (bicyclic) bond motifs is 1. The minimum atomic E-state index is -3.70. The van der Waals surface area contributed by atoms with E-state index in [0.717, 1.165) is 21.9 Å². The van der Waals surface area contributed by atoms with E-state index in [0.29, 0.717) is 5.69 Å². The summed E-state index contributed by atoms with van der Waals surface area (Å²) in [5.74, 6) is -1.13. The van der Waals surface area contributed by atoms with E-state index in [-0.39, 0.29) is 4.90 Å². The van der Waals surface area contributed by atoms with Gasteiger partial charge in [0.25, 0.3) is 0 Å². The van der Waals surface area contributed by atoms with Crippen LogP contribution >= 0.6 is 0 Å².